The summed E-state index contributed by atoms with van der Waals surface area (Å²) < 4.78 is 0. The molecule has 0 spiro atoms. The van der Waals surface area contributed by atoms with Gasteiger partial charge in [0, 0.05) is 30.1 Å². The second-order valence-corrected chi connectivity index (χ2v) is 7.81. The van der Waals surface area contributed by atoms with Crippen LogP contribution in [-0.4, -0.2) is 41.4 Å². The molecule has 0 saturated carbocycles. The summed E-state index contributed by atoms with van der Waals surface area (Å²) in [6.07, 6.45) is 2.59. The molecule has 0 aliphatic carbocycles. The number of hydrogen-bond acceptors (Lipinski definition) is 6. The van der Waals surface area contributed by atoms with Crippen LogP contribution in [0, 0.1) is 10.1 Å². The van der Waals surface area contributed by atoms with E-state index in [0.29, 0.717) is 11.4 Å². The number of nitro benzene ring substituents is 1. The quantitative estimate of drug-likeness (QED) is 0.380. The van der Waals surface area contributed by atoms with Crippen LogP contribution in [0.15, 0.2) is 66.9 Å². The highest BCUT2D eigenvalue weighted by molar-refractivity contribution is 6.05. The number of nitro groups is 1. The van der Waals surface area contributed by atoms with Crippen molar-refractivity contribution in [1.82, 2.24) is 9.88 Å². The summed E-state index contributed by atoms with van der Waals surface area (Å²) in [5.41, 5.74) is 2.94. The fourth-order valence-corrected chi connectivity index (χ4v) is 3.20. The van der Waals surface area contributed by atoms with Crippen LogP contribution >= 0.6 is 0 Å². The van der Waals surface area contributed by atoms with Crippen molar-refractivity contribution in [3.63, 3.8) is 0 Å². The highest BCUT2D eigenvalue weighted by Gasteiger charge is 2.20. The molecular weight excluding hydrogens is 406 g/mol. The van der Waals surface area contributed by atoms with Gasteiger partial charge < -0.3 is 15.5 Å². The first-order valence-electron chi connectivity index (χ1n) is 10.3. The van der Waals surface area contributed by atoms with Gasteiger partial charge in [-0.3, -0.25) is 19.9 Å². The van der Waals surface area contributed by atoms with Gasteiger partial charge in [0.1, 0.15) is 5.69 Å². The minimum absolute atomic E-state index is 0.167. The number of anilines is 2. The molecule has 0 aliphatic rings. The molecule has 0 radical (unpaired) electrons. The lowest BCUT2D eigenvalue weighted by Gasteiger charge is -2.15. The molecule has 3 aromatic rings. The van der Waals surface area contributed by atoms with Gasteiger partial charge in [0.2, 0.25) is 0 Å². The predicted octanol–water partition coefficient (Wildman–Crippen LogP) is 4.52. The van der Waals surface area contributed by atoms with E-state index >= 15 is 0 Å². The largest absolute Gasteiger partial charge is 0.371 e. The second kappa shape index (κ2) is 10.5. The zero-order chi connectivity index (χ0) is 23.1. The highest BCUT2D eigenvalue weighted by atomic mass is 16.6. The molecule has 1 amide bonds. The van der Waals surface area contributed by atoms with Gasteiger partial charge in [-0.05, 0) is 69.4 Å². The molecule has 0 fully saturated rings. The minimum Gasteiger partial charge on any atom is -0.371 e. The van der Waals surface area contributed by atoms with Gasteiger partial charge in [-0.25, -0.2) is 0 Å². The van der Waals surface area contributed by atoms with E-state index in [0.717, 1.165) is 18.7 Å². The third kappa shape index (κ3) is 6.12. The monoisotopic (exact) mass is 433 g/mol. The van der Waals surface area contributed by atoms with Crippen LogP contribution in [0.2, 0.25) is 0 Å². The highest BCUT2D eigenvalue weighted by Crippen LogP contribution is 2.29. The van der Waals surface area contributed by atoms with Crippen LogP contribution in [0.3, 0.4) is 0 Å². The molecule has 2 N–H and O–H groups in total. The normalized spacial score (nSPS) is 11.8. The van der Waals surface area contributed by atoms with Gasteiger partial charge in [-0.15, -0.1) is 0 Å². The van der Waals surface area contributed by atoms with Crippen LogP contribution in [0.4, 0.5) is 17.1 Å². The van der Waals surface area contributed by atoms with Gasteiger partial charge in [-0.2, -0.15) is 0 Å². The van der Waals surface area contributed by atoms with Crippen LogP contribution < -0.4 is 10.6 Å². The molecule has 8 nitrogen and oxygen atoms in total. The number of rotatable bonds is 9. The first kappa shape index (κ1) is 22.9. The Kier molecular flexibility index (Phi) is 7.51. The molecule has 32 heavy (non-hydrogen) atoms. The Labute approximate surface area is 187 Å². The summed E-state index contributed by atoms with van der Waals surface area (Å²) in [5.74, 6) is -0.404. The third-order valence-corrected chi connectivity index (χ3v) is 5.02. The molecule has 0 aliphatic heterocycles. The van der Waals surface area contributed by atoms with Crippen molar-refractivity contribution in [3.8, 4) is 0 Å². The summed E-state index contributed by atoms with van der Waals surface area (Å²) in [4.78, 5) is 30.2. The number of pyridine rings is 1. The number of nitrogens with one attached hydrogen (secondary N) is 2. The van der Waals surface area contributed by atoms with E-state index in [9.17, 15) is 14.9 Å². The zero-order valence-corrected chi connectivity index (χ0v) is 18.4. The average molecular weight is 434 g/mol. The van der Waals surface area contributed by atoms with Crippen LogP contribution in [0.5, 0.6) is 0 Å². The molecule has 1 unspecified atom stereocenters. The van der Waals surface area contributed by atoms with E-state index in [1.807, 2.05) is 63.5 Å². The number of benzene rings is 2. The van der Waals surface area contributed by atoms with Crippen molar-refractivity contribution >= 4 is 23.0 Å². The number of aromatic nitrogens is 1. The lowest BCUT2D eigenvalue weighted by molar-refractivity contribution is -0.384. The van der Waals surface area contributed by atoms with Crippen molar-refractivity contribution in [1.29, 1.82) is 0 Å². The molecule has 166 valence electrons. The number of carbonyl (C=O) groups is 1. The standard InChI is InChI=1S/C24H27N5O3/c1-17(21-6-4-5-14-25-21)26-22-12-9-19(16-23(22)29(31)32)24(30)27-20-10-7-18(8-11-20)13-15-28(2)3/h4-12,14,16-17,26H,13,15H2,1-3H3,(H,27,30). The maximum atomic E-state index is 12.7. The van der Waals surface area contributed by atoms with Crippen molar-refractivity contribution < 1.29 is 9.72 Å². The van der Waals surface area contributed by atoms with Gasteiger partial charge in [0.05, 0.1) is 16.7 Å². The fourth-order valence-electron chi connectivity index (χ4n) is 3.20. The molecular formula is C24H27N5O3. The topological polar surface area (TPSA) is 100 Å². The molecule has 0 bridgehead atoms. The maximum Gasteiger partial charge on any atom is 0.293 e. The molecule has 8 heteroatoms. The van der Waals surface area contributed by atoms with E-state index in [-0.39, 0.29) is 17.3 Å². The van der Waals surface area contributed by atoms with E-state index in [4.69, 9.17) is 0 Å². The van der Waals surface area contributed by atoms with E-state index in [1.165, 1.54) is 11.6 Å². The smallest absolute Gasteiger partial charge is 0.293 e. The third-order valence-electron chi connectivity index (χ3n) is 5.02. The summed E-state index contributed by atoms with van der Waals surface area (Å²) in [6, 6.07) is 17.3. The van der Waals surface area contributed by atoms with Crippen molar-refractivity contribution in [2.75, 3.05) is 31.3 Å². The van der Waals surface area contributed by atoms with Crippen molar-refractivity contribution in [2.24, 2.45) is 0 Å². The molecule has 3 rings (SSSR count). The molecule has 1 atom stereocenters. The first-order chi connectivity index (χ1) is 15.3. The van der Waals surface area contributed by atoms with E-state index < -0.39 is 10.8 Å². The Morgan fingerprint density at radius 1 is 1.12 bits per heavy atom. The van der Waals surface area contributed by atoms with E-state index in [2.05, 4.69) is 20.5 Å². The summed E-state index contributed by atoms with van der Waals surface area (Å²) in [7, 11) is 4.04. The average Bonchev–Trinajstić information content (AvgIpc) is 2.79. The zero-order valence-electron chi connectivity index (χ0n) is 18.4. The summed E-state index contributed by atoms with van der Waals surface area (Å²) in [5, 5.41) is 17.5. The Hall–Kier alpha value is -3.78. The van der Waals surface area contributed by atoms with E-state index in [1.54, 1.807) is 18.3 Å². The van der Waals surface area contributed by atoms with Gasteiger partial charge in [0.25, 0.3) is 11.6 Å². The van der Waals surface area contributed by atoms with Crippen LogP contribution in [0.1, 0.15) is 34.6 Å². The Morgan fingerprint density at radius 2 is 1.88 bits per heavy atom. The Morgan fingerprint density at radius 3 is 2.50 bits per heavy atom. The lowest BCUT2D eigenvalue weighted by Crippen LogP contribution is -2.15. The van der Waals surface area contributed by atoms with Crippen molar-refractivity contribution in [3.05, 3.63) is 93.8 Å². The first-order valence-corrected chi connectivity index (χ1v) is 10.3. The number of carbonyl (C=O) groups excluding carboxylic acids is 1. The number of amides is 1. The van der Waals surface area contributed by atoms with Gasteiger partial charge >= 0.3 is 0 Å². The second-order valence-electron chi connectivity index (χ2n) is 7.81. The SMILES string of the molecule is CC(Nc1ccc(C(=O)Nc2ccc(CCN(C)C)cc2)cc1[N+](=O)[O-])c1ccccn1. The molecule has 1 aromatic heterocycles. The van der Waals surface area contributed by atoms with Gasteiger partial charge in [0.15, 0.2) is 0 Å². The minimum atomic E-state index is -0.496. The number of nitrogens with zero attached hydrogens (tertiary/aromatic N) is 3. The number of likely N-dealkylation sites (N-methyl/N-ethyl adjacent to an activating group) is 1. The molecule has 1 heterocycles. The Balaban J connectivity index is 1.71. The Bertz CT molecular complexity index is 1070. The van der Waals surface area contributed by atoms with Crippen LogP contribution in [0.25, 0.3) is 0 Å². The predicted molar refractivity (Wildman–Crippen MR) is 126 cm³/mol. The molecule has 0 saturated heterocycles. The van der Waals surface area contributed by atoms with Gasteiger partial charge in [-0.1, -0.05) is 18.2 Å². The fraction of sp³-hybridized carbons (Fsp3) is 0.250. The summed E-state index contributed by atoms with van der Waals surface area (Å²) in [6.45, 7) is 2.81. The number of hydrogen-bond donors (Lipinski definition) is 2. The summed E-state index contributed by atoms with van der Waals surface area (Å²) >= 11 is 0. The molecule has 2 aromatic carbocycles. The maximum absolute atomic E-state index is 12.7. The van der Waals surface area contributed by atoms with Crippen molar-refractivity contribution in [2.45, 2.75) is 19.4 Å². The lowest BCUT2D eigenvalue weighted by atomic mass is 10.1. The van der Waals surface area contributed by atoms with Crippen LogP contribution in [-0.2, 0) is 6.42 Å².